The molecule has 0 fully saturated rings. The van der Waals surface area contributed by atoms with Crippen LogP contribution in [0.2, 0.25) is 0 Å². The van der Waals surface area contributed by atoms with Gasteiger partial charge >= 0.3 is 0 Å². The molecule has 0 spiro atoms. The van der Waals surface area contributed by atoms with Gasteiger partial charge in [0.15, 0.2) is 11.5 Å². The highest BCUT2D eigenvalue weighted by Crippen LogP contribution is 2.24. The lowest BCUT2D eigenvalue weighted by molar-refractivity contribution is 0.0766. The van der Waals surface area contributed by atoms with Crippen LogP contribution in [-0.4, -0.2) is 34.4 Å². The van der Waals surface area contributed by atoms with Gasteiger partial charge in [-0.2, -0.15) is 0 Å². The molecule has 0 saturated carbocycles. The number of likely N-dealkylation sites (N-methyl/N-ethyl adjacent to an activating group) is 1. The molecule has 0 aromatic carbocycles. The van der Waals surface area contributed by atoms with E-state index in [1.807, 2.05) is 24.4 Å². The van der Waals surface area contributed by atoms with Crippen LogP contribution in [0.1, 0.15) is 21.1 Å². The molecular formula is C17H17N3O2S. The highest BCUT2D eigenvalue weighted by atomic mass is 32.1. The lowest BCUT2D eigenvalue weighted by Crippen LogP contribution is -2.28. The van der Waals surface area contributed by atoms with Crippen LogP contribution in [0.4, 0.5) is 0 Å². The number of aryl methyl sites for hydroxylation is 1. The first-order valence-electron chi connectivity index (χ1n) is 7.30. The number of furan rings is 1. The smallest absolute Gasteiger partial charge is 0.289 e. The summed E-state index contributed by atoms with van der Waals surface area (Å²) in [4.78, 5) is 22.4. The van der Waals surface area contributed by atoms with E-state index in [-0.39, 0.29) is 5.91 Å². The van der Waals surface area contributed by atoms with Gasteiger partial charge in [0.05, 0.1) is 5.01 Å². The van der Waals surface area contributed by atoms with Crippen molar-refractivity contribution in [1.29, 1.82) is 0 Å². The van der Waals surface area contributed by atoms with Crippen molar-refractivity contribution in [2.75, 3.05) is 13.6 Å². The molecule has 3 aromatic rings. The van der Waals surface area contributed by atoms with Gasteiger partial charge in [-0.25, -0.2) is 4.98 Å². The van der Waals surface area contributed by atoms with Gasteiger partial charge in [0.1, 0.15) is 5.69 Å². The average molecular weight is 327 g/mol. The molecule has 0 saturated heterocycles. The SMILES string of the molecule is Cc1nc(-c2ccc(C(=O)N(C)CCc3ccncc3)o2)cs1. The van der Waals surface area contributed by atoms with E-state index in [1.165, 1.54) is 0 Å². The van der Waals surface area contributed by atoms with E-state index in [1.54, 1.807) is 47.8 Å². The molecule has 6 heteroatoms. The van der Waals surface area contributed by atoms with Crippen LogP contribution in [0.5, 0.6) is 0 Å². The maximum Gasteiger partial charge on any atom is 0.289 e. The summed E-state index contributed by atoms with van der Waals surface area (Å²) in [6.07, 6.45) is 4.29. The van der Waals surface area contributed by atoms with Crippen LogP contribution in [0.15, 0.2) is 46.5 Å². The fraction of sp³-hybridized carbons (Fsp3) is 0.235. The summed E-state index contributed by atoms with van der Waals surface area (Å²) in [6, 6.07) is 7.40. The predicted octanol–water partition coefficient (Wildman–Crippen LogP) is 3.42. The molecular weight excluding hydrogens is 310 g/mol. The van der Waals surface area contributed by atoms with Gasteiger partial charge in [-0.1, -0.05) is 0 Å². The van der Waals surface area contributed by atoms with Crippen molar-refractivity contribution in [3.05, 3.63) is 58.4 Å². The zero-order chi connectivity index (χ0) is 16.2. The Bertz CT molecular complexity index is 795. The molecule has 3 aromatic heterocycles. The van der Waals surface area contributed by atoms with Gasteiger partial charge < -0.3 is 9.32 Å². The molecule has 3 rings (SSSR count). The first-order valence-corrected chi connectivity index (χ1v) is 8.18. The number of amides is 1. The maximum absolute atomic E-state index is 12.4. The summed E-state index contributed by atoms with van der Waals surface area (Å²) in [5.41, 5.74) is 1.92. The third-order valence-electron chi connectivity index (χ3n) is 3.52. The fourth-order valence-corrected chi connectivity index (χ4v) is 2.81. The van der Waals surface area contributed by atoms with E-state index in [9.17, 15) is 4.79 Å². The number of carbonyl (C=O) groups excluding carboxylic acids is 1. The molecule has 0 aliphatic rings. The molecule has 3 heterocycles. The molecule has 0 aliphatic heterocycles. The van der Waals surface area contributed by atoms with E-state index in [0.29, 0.717) is 18.1 Å². The second kappa shape index (κ2) is 6.75. The van der Waals surface area contributed by atoms with E-state index in [0.717, 1.165) is 22.7 Å². The first kappa shape index (κ1) is 15.4. The van der Waals surface area contributed by atoms with Crippen LogP contribution >= 0.6 is 11.3 Å². The Morgan fingerprint density at radius 2 is 2.04 bits per heavy atom. The Hall–Kier alpha value is -2.47. The fourth-order valence-electron chi connectivity index (χ4n) is 2.20. The van der Waals surface area contributed by atoms with Gasteiger partial charge in [-0.15, -0.1) is 11.3 Å². The molecule has 1 amide bonds. The van der Waals surface area contributed by atoms with E-state index in [4.69, 9.17) is 4.42 Å². The number of hydrogen-bond donors (Lipinski definition) is 0. The van der Waals surface area contributed by atoms with Crippen molar-refractivity contribution in [3.63, 3.8) is 0 Å². The van der Waals surface area contributed by atoms with Crippen molar-refractivity contribution in [3.8, 4) is 11.5 Å². The minimum Gasteiger partial charge on any atom is -0.449 e. The second-order valence-corrected chi connectivity index (χ2v) is 6.31. The summed E-state index contributed by atoms with van der Waals surface area (Å²) < 4.78 is 5.66. The Kier molecular flexibility index (Phi) is 4.52. The molecule has 0 atom stereocenters. The molecule has 0 radical (unpaired) electrons. The van der Waals surface area contributed by atoms with Gasteiger partial charge in [0.25, 0.3) is 5.91 Å². The zero-order valence-electron chi connectivity index (χ0n) is 13.0. The lowest BCUT2D eigenvalue weighted by Gasteiger charge is -2.15. The maximum atomic E-state index is 12.4. The number of thiazole rings is 1. The van der Waals surface area contributed by atoms with Gasteiger partial charge in [0.2, 0.25) is 0 Å². The highest BCUT2D eigenvalue weighted by Gasteiger charge is 2.17. The van der Waals surface area contributed by atoms with Crippen molar-refractivity contribution < 1.29 is 9.21 Å². The topological polar surface area (TPSA) is 59.2 Å². The van der Waals surface area contributed by atoms with Gasteiger partial charge in [0, 0.05) is 31.4 Å². The summed E-state index contributed by atoms with van der Waals surface area (Å²) in [7, 11) is 1.78. The lowest BCUT2D eigenvalue weighted by atomic mass is 10.2. The van der Waals surface area contributed by atoms with E-state index >= 15 is 0 Å². The van der Waals surface area contributed by atoms with Crippen LogP contribution in [-0.2, 0) is 6.42 Å². The van der Waals surface area contributed by atoms with Crippen molar-refractivity contribution >= 4 is 17.2 Å². The quantitative estimate of drug-likeness (QED) is 0.720. The minimum absolute atomic E-state index is 0.128. The number of pyridine rings is 1. The second-order valence-electron chi connectivity index (χ2n) is 5.25. The number of aromatic nitrogens is 2. The Morgan fingerprint density at radius 1 is 1.26 bits per heavy atom. The number of carbonyl (C=O) groups is 1. The number of rotatable bonds is 5. The summed E-state index contributed by atoms with van der Waals surface area (Å²) >= 11 is 1.56. The first-order chi connectivity index (χ1) is 11.1. The molecule has 23 heavy (non-hydrogen) atoms. The summed E-state index contributed by atoms with van der Waals surface area (Å²) in [5.74, 6) is 0.834. The number of nitrogens with zero attached hydrogens (tertiary/aromatic N) is 3. The van der Waals surface area contributed by atoms with Crippen molar-refractivity contribution in [2.45, 2.75) is 13.3 Å². The average Bonchev–Trinajstić information content (AvgIpc) is 3.21. The third-order valence-corrected chi connectivity index (χ3v) is 4.29. The van der Waals surface area contributed by atoms with Crippen LogP contribution in [0, 0.1) is 6.92 Å². The molecule has 0 bridgehead atoms. The molecule has 0 aliphatic carbocycles. The van der Waals surface area contributed by atoms with Crippen molar-refractivity contribution in [1.82, 2.24) is 14.9 Å². The zero-order valence-corrected chi connectivity index (χ0v) is 13.8. The third kappa shape index (κ3) is 3.65. The Labute approximate surface area is 138 Å². The minimum atomic E-state index is -0.128. The summed E-state index contributed by atoms with van der Waals surface area (Å²) in [6.45, 7) is 2.56. The summed E-state index contributed by atoms with van der Waals surface area (Å²) in [5, 5.41) is 2.90. The van der Waals surface area contributed by atoms with Gasteiger partial charge in [-0.05, 0) is 43.2 Å². The molecule has 0 unspecified atom stereocenters. The molecule has 118 valence electrons. The Morgan fingerprint density at radius 3 is 2.74 bits per heavy atom. The highest BCUT2D eigenvalue weighted by molar-refractivity contribution is 7.09. The van der Waals surface area contributed by atoms with E-state index in [2.05, 4.69) is 9.97 Å². The van der Waals surface area contributed by atoms with Crippen LogP contribution < -0.4 is 0 Å². The predicted molar refractivity (Wildman–Crippen MR) is 89.5 cm³/mol. The van der Waals surface area contributed by atoms with Crippen LogP contribution in [0.25, 0.3) is 11.5 Å². The molecule has 5 nitrogen and oxygen atoms in total. The van der Waals surface area contributed by atoms with Gasteiger partial charge in [-0.3, -0.25) is 9.78 Å². The Balaban J connectivity index is 1.64. The van der Waals surface area contributed by atoms with Crippen molar-refractivity contribution in [2.24, 2.45) is 0 Å². The van der Waals surface area contributed by atoms with Crippen LogP contribution in [0.3, 0.4) is 0 Å². The monoisotopic (exact) mass is 327 g/mol. The standard InChI is InChI=1S/C17H17N3O2S/c1-12-19-14(11-23-12)15-3-4-16(22-15)17(21)20(2)10-7-13-5-8-18-9-6-13/h3-6,8-9,11H,7,10H2,1-2H3. The van der Waals surface area contributed by atoms with E-state index < -0.39 is 0 Å². The number of hydrogen-bond acceptors (Lipinski definition) is 5. The normalized spacial score (nSPS) is 10.7. The molecule has 0 N–H and O–H groups in total. The largest absolute Gasteiger partial charge is 0.449 e.